The minimum atomic E-state index is -4.41. The number of carbonyl (C=O) groups excluding carboxylic acids is 2. The summed E-state index contributed by atoms with van der Waals surface area (Å²) in [6.45, 7) is 3.59. The van der Waals surface area contributed by atoms with Gasteiger partial charge in [0.2, 0.25) is 0 Å². The number of phosphoric ester groups is 1. The van der Waals surface area contributed by atoms with Gasteiger partial charge in [0.15, 0.2) is 6.10 Å². The molecule has 0 heterocycles. The molecule has 0 aliphatic heterocycles. The van der Waals surface area contributed by atoms with Crippen LogP contribution in [0.3, 0.4) is 0 Å². The van der Waals surface area contributed by atoms with Crippen LogP contribution in [0.15, 0.2) is 146 Å². The molecule has 0 radical (unpaired) electrons. The van der Waals surface area contributed by atoms with Crippen molar-refractivity contribution in [3.8, 4) is 0 Å². The third kappa shape index (κ3) is 65.0. The van der Waals surface area contributed by atoms with E-state index in [1.165, 1.54) is 122 Å². The summed E-state index contributed by atoms with van der Waals surface area (Å²) in [5.41, 5.74) is 5.39. The molecule has 0 aromatic heterocycles. The zero-order chi connectivity index (χ0) is 59.4. The number of hydrogen-bond donors (Lipinski definition) is 2. The molecule has 9 nitrogen and oxygen atoms in total. The zero-order valence-electron chi connectivity index (χ0n) is 52.2. The number of nitrogens with two attached hydrogens (primary N) is 1. The van der Waals surface area contributed by atoms with Crippen molar-refractivity contribution in [2.45, 2.75) is 270 Å². The first-order valence-corrected chi connectivity index (χ1v) is 34.3. The highest BCUT2D eigenvalue weighted by Crippen LogP contribution is 2.43. The fourth-order valence-electron chi connectivity index (χ4n) is 8.68. The number of phosphoric acid groups is 1. The van der Waals surface area contributed by atoms with Gasteiger partial charge in [0.25, 0.3) is 0 Å². The first-order chi connectivity index (χ1) is 40.3. The van der Waals surface area contributed by atoms with Crippen LogP contribution in [0.2, 0.25) is 0 Å². The van der Waals surface area contributed by atoms with Gasteiger partial charge in [-0.25, -0.2) is 4.57 Å². The maximum atomic E-state index is 12.7. The number of rotatable bonds is 60. The summed E-state index contributed by atoms with van der Waals surface area (Å²) in [5.74, 6) is -0.880. The second kappa shape index (κ2) is 66.0. The number of esters is 2. The van der Waals surface area contributed by atoms with E-state index in [1.54, 1.807) is 0 Å². The van der Waals surface area contributed by atoms with E-state index in [2.05, 4.69) is 160 Å². The highest BCUT2D eigenvalue weighted by molar-refractivity contribution is 7.47. The molecule has 2 atom stereocenters. The summed E-state index contributed by atoms with van der Waals surface area (Å²) >= 11 is 0. The molecule has 0 aliphatic rings. The summed E-state index contributed by atoms with van der Waals surface area (Å²) in [4.78, 5) is 35.3. The van der Waals surface area contributed by atoms with Crippen molar-refractivity contribution in [2.24, 2.45) is 5.73 Å². The highest BCUT2D eigenvalue weighted by Gasteiger charge is 2.26. The lowest BCUT2D eigenvalue weighted by Crippen LogP contribution is -2.29. The molecule has 0 aromatic rings. The minimum absolute atomic E-state index is 0.0401. The Morgan fingerprint density at radius 2 is 0.671 bits per heavy atom. The fourth-order valence-corrected chi connectivity index (χ4v) is 9.44. The lowest BCUT2D eigenvalue weighted by atomic mass is 10.0. The molecule has 0 aromatic carbocycles. The molecule has 0 saturated carbocycles. The molecule has 0 spiro atoms. The lowest BCUT2D eigenvalue weighted by molar-refractivity contribution is -0.161. The predicted molar refractivity (Wildman–Crippen MR) is 353 cm³/mol. The van der Waals surface area contributed by atoms with E-state index in [4.69, 9.17) is 24.3 Å². The van der Waals surface area contributed by atoms with Gasteiger partial charge in [0, 0.05) is 19.4 Å². The average Bonchev–Trinajstić information content (AvgIpc) is 3.48. The van der Waals surface area contributed by atoms with Crippen molar-refractivity contribution in [2.75, 3.05) is 26.4 Å². The van der Waals surface area contributed by atoms with Crippen molar-refractivity contribution in [1.29, 1.82) is 0 Å². The smallest absolute Gasteiger partial charge is 0.462 e. The average molecular weight is 1160 g/mol. The molecule has 466 valence electrons. The number of carbonyl (C=O) groups is 2. The van der Waals surface area contributed by atoms with E-state index in [0.717, 1.165) is 109 Å². The van der Waals surface area contributed by atoms with Crippen LogP contribution in [0.1, 0.15) is 264 Å². The third-order valence-electron chi connectivity index (χ3n) is 13.5. The van der Waals surface area contributed by atoms with Gasteiger partial charge in [-0.15, -0.1) is 0 Å². The summed E-state index contributed by atoms with van der Waals surface area (Å²) in [6, 6.07) is 0. The first kappa shape index (κ1) is 77.9. The van der Waals surface area contributed by atoms with Crippen LogP contribution >= 0.6 is 7.82 Å². The molecule has 0 aliphatic carbocycles. The van der Waals surface area contributed by atoms with E-state index in [9.17, 15) is 19.0 Å². The third-order valence-corrected chi connectivity index (χ3v) is 14.5. The number of allylic oxidation sites excluding steroid dienone is 24. The van der Waals surface area contributed by atoms with Crippen molar-refractivity contribution in [1.82, 2.24) is 0 Å². The Hall–Kier alpha value is -4.11. The van der Waals surface area contributed by atoms with Crippen LogP contribution in [-0.4, -0.2) is 49.3 Å². The Kier molecular flexibility index (Phi) is 62.7. The fraction of sp³-hybridized carbons (Fsp3) is 0.639. The van der Waals surface area contributed by atoms with Gasteiger partial charge in [-0.3, -0.25) is 18.6 Å². The first-order valence-electron chi connectivity index (χ1n) is 32.8. The van der Waals surface area contributed by atoms with E-state index in [-0.39, 0.29) is 32.6 Å². The van der Waals surface area contributed by atoms with Gasteiger partial charge >= 0.3 is 19.8 Å². The van der Waals surface area contributed by atoms with E-state index in [0.29, 0.717) is 6.42 Å². The van der Waals surface area contributed by atoms with Crippen LogP contribution in [0, 0.1) is 0 Å². The van der Waals surface area contributed by atoms with Gasteiger partial charge in [-0.1, -0.05) is 295 Å². The summed E-state index contributed by atoms with van der Waals surface area (Å²) in [6.07, 6.45) is 95.0. The van der Waals surface area contributed by atoms with Gasteiger partial charge in [0.05, 0.1) is 13.2 Å². The second-order valence-electron chi connectivity index (χ2n) is 21.3. The summed E-state index contributed by atoms with van der Waals surface area (Å²) in [5, 5.41) is 0. The van der Waals surface area contributed by atoms with Crippen LogP contribution in [-0.2, 0) is 32.7 Å². The molecular formula is C72H120NO8P. The summed E-state index contributed by atoms with van der Waals surface area (Å²) in [7, 11) is -4.41. The molecule has 0 bridgehead atoms. The Morgan fingerprint density at radius 1 is 0.378 bits per heavy atom. The van der Waals surface area contributed by atoms with Gasteiger partial charge in [0.1, 0.15) is 6.61 Å². The maximum absolute atomic E-state index is 12.7. The van der Waals surface area contributed by atoms with Gasteiger partial charge in [-0.2, -0.15) is 0 Å². The monoisotopic (exact) mass is 1160 g/mol. The topological polar surface area (TPSA) is 134 Å². The molecule has 10 heteroatoms. The van der Waals surface area contributed by atoms with Gasteiger partial charge < -0.3 is 20.1 Å². The Morgan fingerprint density at radius 3 is 1.00 bits per heavy atom. The highest BCUT2D eigenvalue weighted by atomic mass is 31.2. The normalized spacial score (nSPS) is 14.0. The SMILES string of the molecule is CC/C=C\C/C=C\C/C=C\C/C=C\C/C=C\C/C=C\C/C=C\C/C=C\C/C=C\C/C=C\C/C=C\C/C=C\CCCCC(=O)OC(COC(=O)CCCCCCCCCCCCCCCCCCCCCCCC)COP(=O)(O)OCCN. The quantitative estimate of drug-likeness (QED) is 0.0264. The van der Waals surface area contributed by atoms with Crippen LogP contribution < -0.4 is 5.73 Å². The molecule has 0 saturated heterocycles. The van der Waals surface area contributed by atoms with E-state index in [1.807, 2.05) is 0 Å². The zero-order valence-corrected chi connectivity index (χ0v) is 53.1. The molecular weight excluding hydrogens is 1040 g/mol. The second-order valence-corrected chi connectivity index (χ2v) is 22.7. The van der Waals surface area contributed by atoms with Crippen molar-refractivity contribution in [3.63, 3.8) is 0 Å². The molecule has 82 heavy (non-hydrogen) atoms. The Balaban J connectivity index is 4.07. The molecule has 0 fully saturated rings. The number of unbranched alkanes of at least 4 members (excludes halogenated alkanes) is 23. The van der Waals surface area contributed by atoms with Crippen LogP contribution in [0.5, 0.6) is 0 Å². The van der Waals surface area contributed by atoms with Gasteiger partial charge in [-0.05, 0) is 103 Å². The molecule has 2 unspecified atom stereocenters. The largest absolute Gasteiger partial charge is 0.472 e. The van der Waals surface area contributed by atoms with Crippen LogP contribution in [0.25, 0.3) is 0 Å². The van der Waals surface area contributed by atoms with Crippen molar-refractivity contribution < 1.29 is 37.6 Å². The van der Waals surface area contributed by atoms with Crippen molar-refractivity contribution in [3.05, 3.63) is 146 Å². The Bertz CT molecular complexity index is 1850. The summed E-state index contributed by atoms with van der Waals surface area (Å²) < 4.78 is 33.0. The van der Waals surface area contributed by atoms with Crippen molar-refractivity contribution >= 4 is 19.8 Å². The maximum Gasteiger partial charge on any atom is 0.472 e. The number of ether oxygens (including phenoxy) is 2. The van der Waals surface area contributed by atoms with E-state index < -0.39 is 32.5 Å². The molecule has 0 amide bonds. The molecule has 0 rings (SSSR count). The predicted octanol–water partition coefficient (Wildman–Crippen LogP) is 21.5. The molecule has 3 N–H and O–H groups in total. The standard InChI is InChI=1S/C72H120NO8P/c1-3-5-7-9-11-13-15-17-19-21-23-25-27-28-29-30-31-32-33-34-35-36-37-38-39-40-41-42-43-45-47-49-51-53-55-57-59-61-63-65-72(75)81-70(69-80-82(76,77)79-67-66-73)68-78-71(74)64-62-60-58-56-54-52-50-48-46-44-26-24-22-20-18-16-14-12-10-8-6-4-2/h5,7,11,13,17,19,23,25,28-29,31-32,34-35,37-38,40-41,43,45,49,51,55,57,70H,3-4,6,8-10,12,14-16,18,20-22,24,26-27,30,33,36,39,42,44,46-48,50,52-54,56,58-69,73H2,1-2H3,(H,76,77)/b7-5-,13-11-,19-17-,25-23-,29-28-,32-31-,35-34-,38-37-,41-40-,45-43-,51-49-,57-55-. The lowest BCUT2D eigenvalue weighted by Gasteiger charge is -2.19. The minimum Gasteiger partial charge on any atom is -0.462 e. The Labute approximate surface area is 503 Å². The number of hydrogen-bond acceptors (Lipinski definition) is 8. The van der Waals surface area contributed by atoms with E-state index >= 15 is 0 Å². The van der Waals surface area contributed by atoms with Crippen LogP contribution in [0.4, 0.5) is 0 Å².